The van der Waals surface area contributed by atoms with Crippen molar-refractivity contribution < 1.29 is 24.2 Å². The van der Waals surface area contributed by atoms with E-state index in [-0.39, 0.29) is 28.7 Å². The molecule has 35 heavy (non-hydrogen) atoms. The molecule has 9 heteroatoms. The number of amides is 2. The molecule has 2 aromatic rings. The summed E-state index contributed by atoms with van der Waals surface area (Å²) in [5, 5.41) is 14.2. The summed E-state index contributed by atoms with van der Waals surface area (Å²) in [4.78, 5) is 34.4. The minimum Gasteiger partial charge on any atom is -0.481 e. The van der Waals surface area contributed by atoms with Crippen LogP contribution in [0.15, 0.2) is 48.5 Å². The highest BCUT2D eigenvalue weighted by Crippen LogP contribution is 2.44. The third-order valence-electron chi connectivity index (χ3n) is 5.60. The second-order valence-corrected chi connectivity index (χ2v) is 12.3. The lowest BCUT2D eigenvalue weighted by Gasteiger charge is -2.23. The van der Waals surface area contributed by atoms with E-state index in [1.165, 1.54) is 22.3 Å². The molecule has 0 radical (unpaired) electrons. The van der Waals surface area contributed by atoms with Gasteiger partial charge in [-0.15, -0.1) is 23.5 Å². The summed E-state index contributed by atoms with van der Waals surface area (Å²) in [7, 11) is 0. The number of hydrogen-bond donors (Lipinski definition) is 3. The van der Waals surface area contributed by atoms with Crippen LogP contribution in [0.3, 0.4) is 0 Å². The molecule has 0 unspecified atom stereocenters. The number of carbonyl (C=O) groups excluding carboxylic acids is 2. The SMILES string of the molecule is CC(C)(SCCNC(=O)CCC(=O)O)SCCNC(=O)OCC1c2ccccc2-c2ccccc21. The fraction of sp³-hybridized carbons (Fsp3) is 0.423. The van der Waals surface area contributed by atoms with Crippen molar-refractivity contribution in [2.24, 2.45) is 0 Å². The summed E-state index contributed by atoms with van der Waals surface area (Å²) < 4.78 is 5.48. The van der Waals surface area contributed by atoms with E-state index < -0.39 is 12.1 Å². The van der Waals surface area contributed by atoms with Crippen molar-refractivity contribution >= 4 is 41.5 Å². The van der Waals surface area contributed by atoms with Gasteiger partial charge in [0.1, 0.15) is 6.61 Å². The van der Waals surface area contributed by atoms with Gasteiger partial charge in [0.25, 0.3) is 0 Å². The topological polar surface area (TPSA) is 105 Å². The number of rotatable bonds is 13. The number of fused-ring (bicyclic) bond motifs is 3. The van der Waals surface area contributed by atoms with Crippen molar-refractivity contribution in [1.82, 2.24) is 10.6 Å². The maximum absolute atomic E-state index is 12.3. The van der Waals surface area contributed by atoms with E-state index >= 15 is 0 Å². The number of nitrogens with one attached hydrogen (secondary N) is 2. The van der Waals surface area contributed by atoms with E-state index in [9.17, 15) is 14.4 Å². The predicted octanol–water partition coefficient (Wildman–Crippen LogP) is 4.71. The first kappa shape index (κ1) is 26.9. The van der Waals surface area contributed by atoms with Crippen LogP contribution in [0.2, 0.25) is 0 Å². The van der Waals surface area contributed by atoms with Gasteiger partial charge in [0.2, 0.25) is 5.91 Å². The summed E-state index contributed by atoms with van der Waals surface area (Å²) in [5.74, 6) is 0.278. The van der Waals surface area contributed by atoms with Gasteiger partial charge in [0.05, 0.1) is 10.5 Å². The highest BCUT2D eigenvalue weighted by molar-refractivity contribution is 8.18. The minimum absolute atomic E-state index is 0.000316. The molecule has 0 aromatic heterocycles. The van der Waals surface area contributed by atoms with Crippen molar-refractivity contribution in [3.8, 4) is 11.1 Å². The van der Waals surface area contributed by atoms with Crippen LogP contribution in [-0.4, -0.2) is 58.4 Å². The summed E-state index contributed by atoms with van der Waals surface area (Å²) >= 11 is 3.43. The number of carbonyl (C=O) groups is 3. The Kier molecular flexibility index (Phi) is 9.92. The third kappa shape index (κ3) is 8.21. The zero-order chi connectivity index (χ0) is 25.3. The summed E-state index contributed by atoms with van der Waals surface area (Å²) in [6.45, 7) is 5.48. The molecule has 188 valence electrons. The lowest BCUT2D eigenvalue weighted by molar-refractivity contribution is -0.138. The second-order valence-electron chi connectivity index (χ2n) is 8.59. The molecule has 0 atom stereocenters. The summed E-state index contributed by atoms with van der Waals surface area (Å²) in [6.07, 6.45) is -0.571. The van der Waals surface area contributed by atoms with E-state index in [1.54, 1.807) is 23.5 Å². The van der Waals surface area contributed by atoms with Crippen molar-refractivity contribution in [2.75, 3.05) is 31.2 Å². The second kappa shape index (κ2) is 12.9. The lowest BCUT2D eigenvalue weighted by atomic mass is 9.98. The number of thioether (sulfide) groups is 2. The molecule has 1 aliphatic rings. The Morgan fingerprint density at radius 1 is 0.886 bits per heavy atom. The molecule has 2 amide bonds. The maximum Gasteiger partial charge on any atom is 0.407 e. The number of ether oxygens (including phenoxy) is 1. The van der Waals surface area contributed by atoms with Gasteiger partial charge in [-0.25, -0.2) is 4.79 Å². The maximum atomic E-state index is 12.3. The first-order valence-corrected chi connectivity index (χ1v) is 13.6. The molecule has 0 bridgehead atoms. The number of carboxylic acid groups (broad SMARTS) is 1. The fourth-order valence-electron chi connectivity index (χ4n) is 3.94. The van der Waals surface area contributed by atoms with E-state index in [2.05, 4.69) is 48.7 Å². The number of aliphatic carboxylic acids is 1. The van der Waals surface area contributed by atoms with Crippen LogP contribution >= 0.6 is 23.5 Å². The molecule has 0 saturated heterocycles. The molecule has 3 rings (SSSR count). The average molecular weight is 517 g/mol. The number of carboxylic acids is 1. The van der Waals surface area contributed by atoms with Gasteiger partial charge in [-0.3, -0.25) is 9.59 Å². The average Bonchev–Trinajstić information content (AvgIpc) is 3.16. The van der Waals surface area contributed by atoms with Crippen LogP contribution < -0.4 is 10.6 Å². The summed E-state index contributed by atoms with van der Waals surface area (Å²) in [6, 6.07) is 16.5. The Labute approximate surface area is 214 Å². The Bertz CT molecular complexity index is 998. The van der Waals surface area contributed by atoms with E-state index in [4.69, 9.17) is 9.84 Å². The van der Waals surface area contributed by atoms with Gasteiger partial charge in [-0.1, -0.05) is 48.5 Å². The largest absolute Gasteiger partial charge is 0.481 e. The zero-order valence-electron chi connectivity index (χ0n) is 20.0. The molecular weight excluding hydrogens is 484 g/mol. The van der Waals surface area contributed by atoms with Gasteiger partial charge >= 0.3 is 12.1 Å². The highest BCUT2D eigenvalue weighted by atomic mass is 32.2. The molecule has 0 spiro atoms. The Morgan fingerprint density at radius 2 is 1.43 bits per heavy atom. The monoisotopic (exact) mass is 516 g/mol. The van der Waals surface area contributed by atoms with E-state index in [1.807, 2.05) is 24.3 Å². The normalized spacial score (nSPS) is 12.5. The Hall–Kier alpha value is -2.65. The lowest BCUT2D eigenvalue weighted by Crippen LogP contribution is -2.29. The minimum atomic E-state index is -0.973. The molecule has 0 fully saturated rings. The van der Waals surface area contributed by atoms with E-state index in [0.29, 0.717) is 19.7 Å². The smallest absolute Gasteiger partial charge is 0.407 e. The quantitative estimate of drug-likeness (QED) is 0.262. The van der Waals surface area contributed by atoms with Gasteiger partial charge in [0.15, 0.2) is 0 Å². The van der Waals surface area contributed by atoms with Crippen molar-refractivity contribution in [3.63, 3.8) is 0 Å². The molecule has 0 aliphatic heterocycles. The third-order valence-corrected chi connectivity index (χ3v) is 8.52. The first-order chi connectivity index (χ1) is 16.8. The predicted molar refractivity (Wildman–Crippen MR) is 142 cm³/mol. The Balaban J connectivity index is 1.32. The molecule has 2 aromatic carbocycles. The number of benzene rings is 2. The van der Waals surface area contributed by atoms with Gasteiger partial charge in [-0.2, -0.15) is 0 Å². The van der Waals surface area contributed by atoms with Crippen molar-refractivity contribution in [3.05, 3.63) is 59.7 Å². The Morgan fingerprint density at radius 3 is 2.00 bits per heavy atom. The molecule has 7 nitrogen and oxygen atoms in total. The number of alkyl carbamates (subject to hydrolysis) is 1. The summed E-state index contributed by atoms with van der Waals surface area (Å²) in [5.41, 5.74) is 4.78. The highest BCUT2D eigenvalue weighted by Gasteiger charge is 2.29. The molecule has 0 saturated carbocycles. The molecule has 1 aliphatic carbocycles. The van der Waals surface area contributed by atoms with Crippen LogP contribution in [-0.2, 0) is 14.3 Å². The van der Waals surface area contributed by atoms with Gasteiger partial charge < -0.3 is 20.5 Å². The van der Waals surface area contributed by atoms with E-state index in [0.717, 1.165) is 11.5 Å². The fourth-order valence-corrected chi connectivity index (χ4v) is 6.16. The van der Waals surface area contributed by atoms with Crippen LogP contribution in [0.5, 0.6) is 0 Å². The van der Waals surface area contributed by atoms with Crippen LogP contribution in [0.1, 0.15) is 43.7 Å². The molecule has 0 heterocycles. The van der Waals surface area contributed by atoms with Gasteiger partial charge in [0, 0.05) is 36.9 Å². The van der Waals surface area contributed by atoms with Gasteiger partial charge in [-0.05, 0) is 36.1 Å². The number of hydrogen-bond acceptors (Lipinski definition) is 6. The van der Waals surface area contributed by atoms with Crippen LogP contribution in [0.25, 0.3) is 11.1 Å². The first-order valence-electron chi connectivity index (χ1n) is 11.6. The molecular formula is C26H32N2O5S2. The zero-order valence-corrected chi connectivity index (χ0v) is 21.7. The van der Waals surface area contributed by atoms with Crippen molar-refractivity contribution in [2.45, 2.75) is 36.7 Å². The van der Waals surface area contributed by atoms with Crippen LogP contribution in [0.4, 0.5) is 4.79 Å². The molecule has 3 N–H and O–H groups in total. The van der Waals surface area contributed by atoms with Crippen molar-refractivity contribution in [1.29, 1.82) is 0 Å². The van der Waals surface area contributed by atoms with Crippen LogP contribution in [0, 0.1) is 0 Å². The standard InChI is InChI=1S/C26H32N2O5S2/c1-26(2,34-15-13-27-23(29)11-12-24(30)31)35-16-14-28-25(32)33-17-22-20-9-5-3-7-18(20)19-8-4-6-10-21(19)22/h3-10,22H,11-17H2,1-2H3,(H,27,29)(H,28,32)(H,30,31).